The predicted molar refractivity (Wildman–Crippen MR) is 208 cm³/mol. The van der Waals surface area contributed by atoms with E-state index >= 15 is 8.78 Å². The van der Waals surface area contributed by atoms with Crippen molar-refractivity contribution in [2.24, 2.45) is 28.2 Å². The standard InChI is InChI=1S/C40H49F4N7O8S/c1-6-23-27-19-51(28(23)32(52)49-39(17-24(39)31(41)42)35(54)50-60(56,57)38(5)12-13-38)34(53)30(37(2,3)4)48-36(55)58-22-14-20(15-22)8-7-11-40(43,44)29-33(59-27)47-26-16-21(18-45)9-10-25(26)46-29/h7,9-11,16,20,22-24,27-31,46H,6,8,12-15,17,19H2,1-5H3,(H,48,55)(H,49,52)(H,50,54)/b11-7+/t20?,22?,23-,24+,27+,28+,29?,30-,39-/m1/s1. The van der Waals surface area contributed by atoms with Crippen LogP contribution < -0.4 is 20.7 Å². The van der Waals surface area contributed by atoms with Crippen molar-refractivity contribution >= 4 is 51.1 Å². The SMILES string of the molecule is CC[C@@H]1[C@@H]2CN(C(=O)[C@H](C(C)(C)C)NC(=O)OC3CC(C/C=C/C(F)(F)C4Nc5ccc(C#N)cc5N=C4O2)C3)[C@@H]1C(=O)N[C@]1(C(=O)NS(=O)(=O)C2(C)CC2)C[C@H]1C(F)F. The number of rotatable bonds is 7. The molecule has 0 radical (unpaired) electrons. The van der Waals surface area contributed by atoms with Gasteiger partial charge < -0.3 is 30.3 Å². The smallest absolute Gasteiger partial charge is 0.408 e. The summed E-state index contributed by atoms with van der Waals surface area (Å²) in [7, 11) is -4.32. The molecule has 4 amide bonds. The van der Waals surface area contributed by atoms with Crippen LogP contribution in [-0.4, -0.2) is 103 Å². The number of alkyl halides is 4. The molecule has 4 bridgehead atoms. The largest absolute Gasteiger partial charge is 0.473 e. The Balaban J connectivity index is 1.29. The van der Waals surface area contributed by atoms with Crippen LogP contribution in [0.4, 0.5) is 33.7 Å². The normalized spacial score (nSPS) is 33.5. The molecule has 60 heavy (non-hydrogen) atoms. The molecule has 4 N–H and O–H groups in total. The Morgan fingerprint density at radius 1 is 1.13 bits per heavy atom. The van der Waals surface area contributed by atoms with Gasteiger partial charge in [-0.05, 0) is 87.5 Å². The number of allylic oxidation sites excluding steroid dienone is 1. The third kappa shape index (κ3) is 8.00. The van der Waals surface area contributed by atoms with Gasteiger partial charge in [0.05, 0.1) is 40.2 Å². The van der Waals surface area contributed by atoms with E-state index in [0.717, 1.165) is 11.0 Å². The lowest BCUT2D eigenvalue weighted by atomic mass is 9.80. The summed E-state index contributed by atoms with van der Waals surface area (Å²) < 4.78 is 100. The number of hydrogen-bond donors (Lipinski definition) is 4. The van der Waals surface area contributed by atoms with Crippen LogP contribution in [0.15, 0.2) is 35.3 Å². The van der Waals surface area contributed by atoms with Gasteiger partial charge in [0.15, 0.2) is 6.04 Å². The molecule has 7 atom stereocenters. The molecule has 3 saturated carbocycles. The number of alkyl carbamates (subject to hydrolysis) is 1. The summed E-state index contributed by atoms with van der Waals surface area (Å²) in [6, 6.07) is 1.36. The molecule has 4 heterocycles. The molecule has 15 nitrogen and oxygen atoms in total. The predicted octanol–water partition coefficient (Wildman–Crippen LogP) is 4.66. The Kier molecular flexibility index (Phi) is 10.9. The van der Waals surface area contributed by atoms with E-state index in [1.165, 1.54) is 31.2 Å². The number of carbonyl (C=O) groups excluding carboxylic acids is 4. The lowest BCUT2D eigenvalue weighted by molar-refractivity contribution is -0.144. The van der Waals surface area contributed by atoms with E-state index in [0.29, 0.717) is 12.8 Å². The fourth-order valence-corrected chi connectivity index (χ4v) is 9.81. The monoisotopic (exact) mass is 863 g/mol. The second-order valence-electron chi connectivity index (χ2n) is 18.1. The van der Waals surface area contributed by atoms with Gasteiger partial charge in [0.25, 0.3) is 11.8 Å². The van der Waals surface area contributed by atoms with Crippen molar-refractivity contribution in [2.45, 2.75) is 133 Å². The van der Waals surface area contributed by atoms with E-state index < -0.39 is 123 Å². The summed E-state index contributed by atoms with van der Waals surface area (Å²) in [6.45, 7) is 7.54. The first kappa shape index (κ1) is 43.2. The minimum Gasteiger partial charge on any atom is -0.473 e. The number of benzene rings is 1. The van der Waals surface area contributed by atoms with Crippen LogP contribution in [0, 0.1) is 34.5 Å². The summed E-state index contributed by atoms with van der Waals surface area (Å²) in [4.78, 5) is 61.9. The van der Waals surface area contributed by atoms with Gasteiger partial charge in [0, 0.05) is 5.92 Å². The number of hydrogen-bond acceptors (Lipinski definition) is 11. The number of halogens is 4. The molecule has 326 valence electrons. The first-order valence-corrected chi connectivity index (χ1v) is 21.6. The van der Waals surface area contributed by atoms with E-state index in [1.54, 1.807) is 27.7 Å². The minimum atomic E-state index is -4.32. The summed E-state index contributed by atoms with van der Waals surface area (Å²) in [5.74, 6) is -10.3. The maximum absolute atomic E-state index is 16.3. The highest BCUT2D eigenvalue weighted by atomic mass is 32.2. The highest BCUT2D eigenvalue weighted by molar-refractivity contribution is 7.91. The van der Waals surface area contributed by atoms with E-state index in [-0.39, 0.29) is 48.5 Å². The lowest BCUT2D eigenvalue weighted by Crippen LogP contribution is -2.61. The van der Waals surface area contributed by atoms with Gasteiger partial charge in [-0.2, -0.15) is 14.0 Å². The molecule has 20 heteroatoms. The number of nitrogens with zero attached hydrogens (tertiary/aromatic N) is 3. The topological polar surface area (TPSA) is 208 Å². The number of aliphatic imine (C=N–C) groups is 1. The van der Waals surface area contributed by atoms with Crippen LogP contribution in [0.3, 0.4) is 0 Å². The highest BCUT2D eigenvalue weighted by Crippen LogP contribution is 2.50. The molecule has 8 rings (SSSR count). The number of nitrogens with one attached hydrogen (secondary N) is 4. The minimum absolute atomic E-state index is 0.0340. The maximum Gasteiger partial charge on any atom is 0.408 e. The van der Waals surface area contributed by atoms with Crippen LogP contribution in [-0.2, 0) is 33.9 Å². The summed E-state index contributed by atoms with van der Waals surface area (Å²) in [5.41, 5.74) is -2.91. The van der Waals surface area contributed by atoms with Gasteiger partial charge >= 0.3 is 6.09 Å². The number of anilines is 1. The molecule has 7 aliphatic rings. The van der Waals surface area contributed by atoms with Crippen LogP contribution in [0.5, 0.6) is 0 Å². The van der Waals surface area contributed by atoms with Gasteiger partial charge in [-0.3, -0.25) is 19.1 Å². The number of amides is 4. The van der Waals surface area contributed by atoms with Crippen LogP contribution >= 0.6 is 0 Å². The molecular formula is C40H49F4N7O8S. The third-order valence-electron chi connectivity index (χ3n) is 12.7. The zero-order chi connectivity index (χ0) is 43.7. The Morgan fingerprint density at radius 3 is 2.43 bits per heavy atom. The Labute approximate surface area is 345 Å². The van der Waals surface area contributed by atoms with Gasteiger partial charge in [-0.15, -0.1) is 0 Å². The lowest BCUT2D eigenvalue weighted by Gasteiger charge is -2.38. The molecular weight excluding hydrogens is 815 g/mol. The van der Waals surface area contributed by atoms with Crippen molar-refractivity contribution in [3.05, 3.63) is 35.9 Å². The van der Waals surface area contributed by atoms with Crippen molar-refractivity contribution in [2.75, 3.05) is 11.9 Å². The van der Waals surface area contributed by atoms with Crippen molar-refractivity contribution in [3.63, 3.8) is 0 Å². The average molecular weight is 864 g/mol. The summed E-state index contributed by atoms with van der Waals surface area (Å²) in [6.07, 6.45) is -2.89. The number of sulfonamides is 1. The van der Waals surface area contributed by atoms with E-state index in [1.807, 2.05) is 10.8 Å². The molecule has 1 saturated heterocycles. The van der Waals surface area contributed by atoms with Gasteiger partial charge in [-0.25, -0.2) is 27.0 Å². The quantitative estimate of drug-likeness (QED) is 0.220. The number of ether oxygens (including phenoxy) is 2. The number of fused-ring (bicyclic) bond motifs is 7. The maximum atomic E-state index is 16.3. The second-order valence-corrected chi connectivity index (χ2v) is 20.3. The van der Waals surface area contributed by atoms with Gasteiger partial charge in [-0.1, -0.05) is 33.8 Å². The second kappa shape index (κ2) is 15.2. The molecule has 3 aliphatic carbocycles. The zero-order valence-corrected chi connectivity index (χ0v) is 34.6. The zero-order valence-electron chi connectivity index (χ0n) is 33.8. The van der Waals surface area contributed by atoms with Crippen LogP contribution in [0.1, 0.15) is 85.1 Å². The molecule has 4 aliphatic heterocycles. The fourth-order valence-electron chi connectivity index (χ4n) is 8.50. The highest BCUT2D eigenvalue weighted by Gasteiger charge is 2.68. The van der Waals surface area contributed by atoms with Crippen molar-refractivity contribution < 1.29 is 54.6 Å². The Hall–Kier alpha value is -4.93. The fraction of sp³-hybridized carbons (Fsp3) is 0.650. The molecule has 1 aromatic carbocycles. The van der Waals surface area contributed by atoms with Crippen molar-refractivity contribution in [3.8, 4) is 6.07 Å². The van der Waals surface area contributed by atoms with E-state index in [9.17, 15) is 41.6 Å². The van der Waals surface area contributed by atoms with Crippen molar-refractivity contribution in [1.82, 2.24) is 20.3 Å². The van der Waals surface area contributed by atoms with E-state index in [2.05, 4.69) is 20.9 Å². The first-order chi connectivity index (χ1) is 28.0. The summed E-state index contributed by atoms with van der Waals surface area (Å²) >= 11 is 0. The van der Waals surface area contributed by atoms with Gasteiger partial charge in [0.1, 0.15) is 29.8 Å². The molecule has 1 unspecified atom stereocenters. The van der Waals surface area contributed by atoms with Crippen molar-refractivity contribution in [1.29, 1.82) is 5.26 Å². The average Bonchev–Trinajstić information content (AvgIpc) is 4.06. The van der Waals surface area contributed by atoms with E-state index in [4.69, 9.17) is 9.47 Å². The first-order valence-electron chi connectivity index (χ1n) is 20.1. The Morgan fingerprint density at radius 2 is 1.83 bits per heavy atom. The molecule has 0 spiro atoms. The molecule has 4 fully saturated rings. The van der Waals surface area contributed by atoms with Gasteiger partial charge in [0.2, 0.25) is 34.2 Å². The Bertz CT molecular complexity index is 2160. The summed E-state index contributed by atoms with van der Waals surface area (Å²) in [5, 5.41) is 17.4. The van der Waals surface area contributed by atoms with Crippen LogP contribution in [0.25, 0.3) is 0 Å². The molecule has 1 aromatic rings. The number of carbonyl (C=O) groups is 4. The van der Waals surface area contributed by atoms with Crippen LogP contribution in [0.2, 0.25) is 0 Å². The third-order valence-corrected chi connectivity index (χ3v) is 14.9. The molecule has 0 aromatic heterocycles. The number of nitriles is 1.